The fraction of sp³-hybridized carbons (Fsp3) is 0.250. The first-order valence-corrected chi connectivity index (χ1v) is 7.52. The Morgan fingerprint density at radius 1 is 1.20 bits per heavy atom. The van der Waals surface area contributed by atoms with Crippen molar-refractivity contribution in [2.24, 2.45) is 0 Å². The predicted octanol–water partition coefficient (Wildman–Crippen LogP) is 2.45. The second-order valence-electron chi connectivity index (χ2n) is 5.59. The van der Waals surface area contributed by atoms with Crippen LogP contribution in [0.4, 0.5) is 20.3 Å². The summed E-state index contributed by atoms with van der Waals surface area (Å²) >= 11 is 0. The van der Waals surface area contributed by atoms with Crippen molar-refractivity contribution in [3.05, 3.63) is 47.8 Å². The highest BCUT2D eigenvalue weighted by Gasteiger charge is 2.18. The second-order valence-corrected chi connectivity index (χ2v) is 5.59. The zero-order valence-electron chi connectivity index (χ0n) is 13.6. The van der Waals surface area contributed by atoms with Gasteiger partial charge in [0.15, 0.2) is 5.65 Å². The van der Waals surface area contributed by atoms with Crippen LogP contribution in [0.2, 0.25) is 0 Å². The smallest absolute Gasteiger partial charge is 0.299 e. The van der Waals surface area contributed by atoms with E-state index in [0.717, 1.165) is 10.1 Å². The van der Waals surface area contributed by atoms with Crippen LogP contribution in [-0.4, -0.2) is 39.3 Å². The number of alkyl halides is 2. The molecule has 1 N–H and O–H groups in total. The minimum absolute atomic E-state index is 0.0124. The van der Waals surface area contributed by atoms with Gasteiger partial charge < -0.3 is 10.2 Å². The summed E-state index contributed by atoms with van der Waals surface area (Å²) < 4.78 is 26.8. The van der Waals surface area contributed by atoms with Crippen molar-refractivity contribution in [3.8, 4) is 0 Å². The fourth-order valence-corrected chi connectivity index (χ4v) is 2.27. The first kappa shape index (κ1) is 16.7. The SMILES string of the molecule is Cc1ccc(NC(=O)CN(C)c2ccc3nnc(C(F)F)n3n2)cc1. The van der Waals surface area contributed by atoms with Crippen molar-refractivity contribution in [2.75, 3.05) is 23.8 Å². The van der Waals surface area contributed by atoms with Crippen LogP contribution in [0.15, 0.2) is 36.4 Å². The zero-order valence-corrected chi connectivity index (χ0v) is 13.6. The van der Waals surface area contributed by atoms with Crippen LogP contribution in [-0.2, 0) is 4.79 Å². The number of fused-ring (bicyclic) bond motifs is 1. The molecule has 0 aliphatic rings. The van der Waals surface area contributed by atoms with Crippen molar-refractivity contribution in [1.82, 2.24) is 19.8 Å². The molecule has 9 heteroatoms. The number of rotatable bonds is 5. The molecule has 0 aliphatic heterocycles. The molecule has 3 rings (SSSR count). The molecule has 1 aromatic carbocycles. The largest absolute Gasteiger partial charge is 0.349 e. The second kappa shape index (κ2) is 6.80. The van der Waals surface area contributed by atoms with Gasteiger partial charge in [-0.1, -0.05) is 17.7 Å². The molecule has 0 aliphatic carbocycles. The number of carbonyl (C=O) groups excluding carboxylic acids is 1. The number of hydrogen-bond donors (Lipinski definition) is 1. The molecule has 0 atom stereocenters. The van der Waals surface area contributed by atoms with Crippen LogP contribution in [0.3, 0.4) is 0 Å². The molecule has 0 radical (unpaired) electrons. The van der Waals surface area contributed by atoms with Gasteiger partial charge in [-0.25, -0.2) is 8.78 Å². The number of aryl methyl sites for hydroxylation is 1. The summed E-state index contributed by atoms with van der Waals surface area (Å²) in [5.74, 6) is -0.422. The summed E-state index contributed by atoms with van der Waals surface area (Å²) in [7, 11) is 1.65. The highest BCUT2D eigenvalue weighted by atomic mass is 19.3. The Hall–Kier alpha value is -3.10. The lowest BCUT2D eigenvalue weighted by molar-refractivity contribution is -0.114. The van der Waals surface area contributed by atoms with E-state index >= 15 is 0 Å². The molecule has 3 aromatic rings. The number of halogens is 2. The number of likely N-dealkylation sites (N-methyl/N-ethyl adjacent to an activating group) is 1. The molecule has 2 aromatic heterocycles. The van der Waals surface area contributed by atoms with E-state index in [1.807, 2.05) is 31.2 Å². The molecule has 0 unspecified atom stereocenters. The molecule has 130 valence electrons. The minimum Gasteiger partial charge on any atom is -0.349 e. The summed E-state index contributed by atoms with van der Waals surface area (Å²) in [5, 5.41) is 13.9. The van der Waals surface area contributed by atoms with Gasteiger partial charge in [0.2, 0.25) is 11.7 Å². The van der Waals surface area contributed by atoms with Gasteiger partial charge in [-0.15, -0.1) is 15.3 Å². The monoisotopic (exact) mass is 346 g/mol. The van der Waals surface area contributed by atoms with Crippen molar-refractivity contribution in [2.45, 2.75) is 13.3 Å². The third-order valence-corrected chi connectivity index (χ3v) is 3.58. The van der Waals surface area contributed by atoms with Crippen molar-refractivity contribution < 1.29 is 13.6 Å². The summed E-state index contributed by atoms with van der Waals surface area (Å²) in [6.45, 7) is 1.97. The number of benzene rings is 1. The molecule has 7 nitrogen and oxygen atoms in total. The normalized spacial score (nSPS) is 11.1. The number of aromatic nitrogens is 4. The van der Waals surface area contributed by atoms with Gasteiger partial charge in [0.1, 0.15) is 5.82 Å². The Bertz CT molecular complexity index is 893. The molecule has 0 spiro atoms. The lowest BCUT2D eigenvalue weighted by atomic mass is 10.2. The number of carbonyl (C=O) groups is 1. The van der Waals surface area contributed by atoms with Crippen LogP contribution < -0.4 is 10.2 Å². The first-order valence-electron chi connectivity index (χ1n) is 7.52. The maximum atomic E-state index is 12.9. The Balaban J connectivity index is 1.72. The Labute approximate surface area is 142 Å². The van der Waals surface area contributed by atoms with Gasteiger partial charge in [-0.3, -0.25) is 4.79 Å². The van der Waals surface area contributed by atoms with Gasteiger partial charge >= 0.3 is 0 Å². The van der Waals surface area contributed by atoms with Crippen molar-refractivity contribution in [3.63, 3.8) is 0 Å². The van der Waals surface area contributed by atoms with E-state index in [-0.39, 0.29) is 18.1 Å². The first-order chi connectivity index (χ1) is 11.9. The van der Waals surface area contributed by atoms with E-state index in [4.69, 9.17) is 0 Å². The zero-order chi connectivity index (χ0) is 18.0. The van der Waals surface area contributed by atoms with Crippen LogP contribution in [0.1, 0.15) is 17.8 Å². The number of anilines is 2. The lowest BCUT2D eigenvalue weighted by Crippen LogP contribution is -2.31. The highest BCUT2D eigenvalue weighted by Crippen LogP contribution is 2.18. The van der Waals surface area contributed by atoms with Crippen molar-refractivity contribution in [1.29, 1.82) is 0 Å². The Morgan fingerprint density at radius 3 is 2.60 bits per heavy atom. The molecule has 0 bridgehead atoms. The number of amides is 1. The minimum atomic E-state index is -2.78. The van der Waals surface area contributed by atoms with Crippen LogP contribution >= 0.6 is 0 Å². The lowest BCUT2D eigenvalue weighted by Gasteiger charge is -2.17. The van der Waals surface area contributed by atoms with E-state index in [0.29, 0.717) is 11.5 Å². The summed E-state index contributed by atoms with van der Waals surface area (Å²) in [6, 6.07) is 10.5. The third kappa shape index (κ3) is 3.70. The average Bonchev–Trinajstić information content (AvgIpc) is 3.00. The van der Waals surface area contributed by atoms with Gasteiger partial charge in [0.25, 0.3) is 6.43 Å². The van der Waals surface area contributed by atoms with Gasteiger partial charge in [-0.05, 0) is 31.2 Å². The molecule has 0 saturated heterocycles. The molecule has 1 amide bonds. The standard InChI is InChI=1S/C16H16F2N6O/c1-10-3-5-11(6-4-10)19-14(25)9-23(2)13-8-7-12-20-21-16(15(17)18)24(12)22-13/h3-8,15H,9H2,1-2H3,(H,19,25). The molecular weight excluding hydrogens is 330 g/mol. The maximum absolute atomic E-state index is 12.9. The van der Waals surface area contributed by atoms with Crippen molar-refractivity contribution >= 4 is 23.1 Å². The number of hydrogen-bond acceptors (Lipinski definition) is 5. The molecule has 25 heavy (non-hydrogen) atoms. The fourth-order valence-electron chi connectivity index (χ4n) is 2.27. The van der Waals surface area contributed by atoms with Crippen LogP contribution in [0.25, 0.3) is 5.65 Å². The van der Waals surface area contributed by atoms with E-state index in [9.17, 15) is 13.6 Å². The molecule has 0 saturated carbocycles. The number of nitrogens with one attached hydrogen (secondary N) is 1. The van der Waals surface area contributed by atoms with Crippen LogP contribution in [0.5, 0.6) is 0 Å². The van der Waals surface area contributed by atoms with Crippen LogP contribution in [0, 0.1) is 6.92 Å². The summed E-state index contributed by atoms with van der Waals surface area (Å²) in [6.07, 6.45) is -2.78. The summed E-state index contributed by atoms with van der Waals surface area (Å²) in [4.78, 5) is 13.7. The van der Waals surface area contributed by atoms with Gasteiger partial charge in [-0.2, -0.15) is 4.52 Å². The molecule has 2 heterocycles. The molecule has 0 fully saturated rings. The van der Waals surface area contributed by atoms with E-state index in [1.54, 1.807) is 18.0 Å². The third-order valence-electron chi connectivity index (χ3n) is 3.58. The predicted molar refractivity (Wildman–Crippen MR) is 88.8 cm³/mol. The molecular formula is C16H16F2N6O. The Kier molecular flexibility index (Phi) is 4.55. The highest BCUT2D eigenvalue weighted by molar-refractivity contribution is 5.93. The van der Waals surface area contributed by atoms with Gasteiger partial charge in [0, 0.05) is 12.7 Å². The van der Waals surface area contributed by atoms with E-state index in [1.165, 1.54) is 6.07 Å². The van der Waals surface area contributed by atoms with E-state index < -0.39 is 12.2 Å². The Morgan fingerprint density at radius 2 is 1.92 bits per heavy atom. The number of nitrogens with zero attached hydrogens (tertiary/aromatic N) is 5. The van der Waals surface area contributed by atoms with E-state index in [2.05, 4.69) is 20.6 Å². The summed E-state index contributed by atoms with van der Waals surface area (Å²) in [5.41, 5.74) is 2.00. The quantitative estimate of drug-likeness (QED) is 0.768. The topological polar surface area (TPSA) is 75.4 Å². The maximum Gasteiger partial charge on any atom is 0.299 e. The van der Waals surface area contributed by atoms with Gasteiger partial charge in [0.05, 0.1) is 6.54 Å². The average molecular weight is 346 g/mol.